The highest BCUT2D eigenvalue weighted by atomic mass is 19.4. The Morgan fingerprint density at radius 1 is 1.19 bits per heavy atom. The molecular formula is C14H17F4NO2. The number of morpholine rings is 1. The summed E-state index contributed by atoms with van der Waals surface area (Å²) >= 11 is 0. The summed E-state index contributed by atoms with van der Waals surface area (Å²) in [4.78, 5) is 2.24. The molecule has 0 N–H and O–H groups in total. The standard InChI is InChI=1S/C14H17F4NO2/c15-12-4-3-11(10-13(12)21-14(16,17)18)2-1-5-19-6-8-20-9-7-19/h3-4,10H,1-2,5-9H2. The van der Waals surface area contributed by atoms with Crippen molar-refractivity contribution in [1.29, 1.82) is 0 Å². The van der Waals surface area contributed by atoms with Crippen LogP contribution in [-0.2, 0) is 11.2 Å². The molecule has 0 saturated carbocycles. The quantitative estimate of drug-likeness (QED) is 0.781. The molecule has 1 aliphatic heterocycles. The van der Waals surface area contributed by atoms with E-state index >= 15 is 0 Å². The zero-order valence-electron chi connectivity index (χ0n) is 11.5. The molecule has 1 aromatic rings. The molecule has 0 bridgehead atoms. The van der Waals surface area contributed by atoms with Crippen LogP contribution in [0.25, 0.3) is 0 Å². The van der Waals surface area contributed by atoms with Crippen LogP contribution in [0.2, 0.25) is 0 Å². The summed E-state index contributed by atoms with van der Waals surface area (Å²) in [6.45, 7) is 3.99. The monoisotopic (exact) mass is 307 g/mol. The van der Waals surface area contributed by atoms with Crippen LogP contribution < -0.4 is 4.74 Å². The van der Waals surface area contributed by atoms with Crippen molar-refractivity contribution in [2.45, 2.75) is 19.2 Å². The molecule has 1 aromatic carbocycles. The van der Waals surface area contributed by atoms with E-state index in [0.717, 1.165) is 38.2 Å². The number of nitrogens with zero attached hydrogens (tertiary/aromatic N) is 1. The molecule has 0 amide bonds. The maximum atomic E-state index is 13.3. The fraction of sp³-hybridized carbons (Fsp3) is 0.571. The zero-order valence-corrected chi connectivity index (χ0v) is 11.5. The maximum Gasteiger partial charge on any atom is 0.573 e. The first kappa shape index (κ1) is 16.0. The fourth-order valence-electron chi connectivity index (χ4n) is 2.24. The van der Waals surface area contributed by atoms with Crippen LogP contribution in [0.15, 0.2) is 18.2 Å². The predicted octanol–water partition coefficient (Wildman–Crippen LogP) is 2.99. The summed E-state index contributed by atoms with van der Waals surface area (Å²) in [7, 11) is 0. The molecule has 1 saturated heterocycles. The molecule has 2 rings (SSSR count). The van der Waals surface area contributed by atoms with E-state index in [2.05, 4.69) is 9.64 Å². The average Bonchev–Trinajstić information content (AvgIpc) is 2.42. The summed E-state index contributed by atoms with van der Waals surface area (Å²) in [6.07, 6.45) is -3.52. The van der Waals surface area contributed by atoms with Gasteiger partial charge in [0.15, 0.2) is 11.6 Å². The number of ether oxygens (including phenoxy) is 2. The Morgan fingerprint density at radius 2 is 1.90 bits per heavy atom. The Kier molecular flexibility index (Phi) is 5.41. The second-order valence-corrected chi connectivity index (χ2v) is 4.87. The van der Waals surface area contributed by atoms with Gasteiger partial charge < -0.3 is 9.47 Å². The van der Waals surface area contributed by atoms with E-state index in [-0.39, 0.29) is 0 Å². The van der Waals surface area contributed by atoms with Gasteiger partial charge in [-0.05, 0) is 37.1 Å². The molecule has 3 nitrogen and oxygen atoms in total. The van der Waals surface area contributed by atoms with Crippen molar-refractivity contribution < 1.29 is 27.0 Å². The lowest BCUT2D eigenvalue weighted by atomic mass is 10.1. The summed E-state index contributed by atoms with van der Waals surface area (Å²) in [5.41, 5.74) is 0.629. The minimum atomic E-state index is -4.88. The second-order valence-electron chi connectivity index (χ2n) is 4.87. The number of halogens is 4. The van der Waals surface area contributed by atoms with Crippen molar-refractivity contribution in [2.75, 3.05) is 32.8 Å². The van der Waals surface area contributed by atoms with Crippen molar-refractivity contribution >= 4 is 0 Å². The second kappa shape index (κ2) is 7.09. The van der Waals surface area contributed by atoms with Crippen molar-refractivity contribution in [3.8, 4) is 5.75 Å². The first-order valence-corrected chi connectivity index (χ1v) is 6.78. The van der Waals surface area contributed by atoms with Gasteiger partial charge in [0.2, 0.25) is 0 Å². The Hall–Kier alpha value is -1.34. The number of hydrogen-bond acceptors (Lipinski definition) is 3. The normalized spacial score (nSPS) is 17.0. The van der Waals surface area contributed by atoms with Crippen LogP contribution >= 0.6 is 0 Å². The van der Waals surface area contributed by atoms with Crippen LogP contribution in [0.5, 0.6) is 5.75 Å². The van der Waals surface area contributed by atoms with Crippen LogP contribution in [0.3, 0.4) is 0 Å². The van der Waals surface area contributed by atoms with E-state index in [0.29, 0.717) is 25.2 Å². The molecule has 7 heteroatoms. The molecule has 0 radical (unpaired) electrons. The third kappa shape index (κ3) is 5.51. The molecule has 0 spiro atoms. The zero-order chi connectivity index (χ0) is 15.3. The van der Waals surface area contributed by atoms with Crippen molar-refractivity contribution in [3.05, 3.63) is 29.6 Å². The predicted molar refractivity (Wildman–Crippen MR) is 68.7 cm³/mol. The van der Waals surface area contributed by atoms with Crippen LogP contribution in [0.4, 0.5) is 17.6 Å². The lowest BCUT2D eigenvalue weighted by Gasteiger charge is -2.26. The highest BCUT2D eigenvalue weighted by Gasteiger charge is 2.32. The van der Waals surface area contributed by atoms with Crippen molar-refractivity contribution in [2.24, 2.45) is 0 Å². The third-order valence-corrected chi connectivity index (χ3v) is 3.26. The van der Waals surface area contributed by atoms with Crippen molar-refractivity contribution in [1.82, 2.24) is 4.90 Å². The summed E-state index contributed by atoms with van der Waals surface area (Å²) < 4.78 is 58.6. The van der Waals surface area contributed by atoms with Gasteiger partial charge in [0.1, 0.15) is 0 Å². The van der Waals surface area contributed by atoms with E-state index < -0.39 is 17.9 Å². The summed E-state index contributed by atoms with van der Waals surface area (Å²) in [6, 6.07) is 3.60. The van der Waals surface area contributed by atoms with Gasteiger partial charge in [-0.25, -0.2) is 4.39 Å². The van der Waals surface area contributed by atoms with Crippen LogP contribution in [-0.4, -0.2) is 44.1 Å². The fourth-order valence-corrected chi connectivity index (χ4v) is 2.24. The van der Waals surface area contributed by atoms with Gasteiger partial charge in [0.25, 0.3) is 0 Å². The lowest BCUT2D eigenvalue weighted by Crippen LogP contribution is -2.36. The highest BCUT2D eigenvalue weighted by Crippen LogP contribution is 2.26. The number of alkyl halides is 3. The van der Waals surface area contributed by atoms with Gasteiger partial charge in [0.05, 0.1) is 13.2 Å². The largest absolute Gasteiger partial charge is 0.573 e. The number of benzene rings is 1. The van der Waals surface area contributed by atoms with E-state index in [1.165, 1.54) is 6.07 Å². The molecule has 0 aliphatic carbocycles. The molecule has 0 atom stereocenters. The van der Waals surface area contributed by atoms with E-state index in [1.807, 2.05) is 0 Å². The van der Waals surface area contributed by atoms with E-state index in [9.17, 15) is 17.6 Å². The van der Waals surface area contributed by atoms with E-state index in [4.69, 9.17) is 4.74 Å². The van der Waals surface area contributed by atoms with Gasteiger partial charge in [-0.15, -0.1) is 13.2 Å². The van der Waals surface area contributed by atoms with Crippen LogP contribution in [0, 0.1) is 5.82 Å². The first-order chi connectivity index (χ1) is 9.94. The number of aryl methyl sites for hydroxylation is 1. The Balaban J connectivity index is 1.86. The average molecular weight is 307 g/mol. The SMILES string of the molecule is Fc1ccc(CCCN2CCOCC2)cc1OC(F)(F)F. The first-order valence-electron chi connectivity index (χ1n) is 6.78. The van der Waals surface area contributed by atoms with Gasteiger partial charge in [-0.3, -0.25) is 4.90 Å². The lowest BCUT2D eigenvalue weighted by molar-refractivity contribution is -0.275. The molecule has 0 aromatic heterocycles. The van der Waals surface area contributed by atoms with Gasteiger partial charge in [-0.2, -0.15) is 0 Å². The molecule has 118 valence electrons. The number of hydrogen-bond donors (Lipinski definition) is 0. The Morgan fingerprint density at radius 3 is 2.57 bits per heavy atom. The maximum absolute atomic E-state index is 13.3. The Labute approximate surface area is 120 Å². The number of rotatable bonds is 5. The van der Waals surface area contributed by atoms with E-state index in [1.54, 1.807) is 0 Å². The minimum Gasteiger partial charge on any atom is -0.403 e. The van der Waals surface area contributed by atoms with Gasteiger partial charge in [0, 0.05) is 13.1 Å². The summed E-state index contributed by atoms with van der Waals surface area (Å²) in [5, 5.41) is 0. The molecule has 1 fully saturated rings. The van der Waals surface area contributed by atoms with Gasteiger partial charge >= 0.3 is 6.36 Å². The molecular weight excluding hydrogens is 290 g/mol. The minimum absolute atomic E-state index is 0.575. The molecule has 21 heavy (non-hydrogen) atoms. The topological polar surface area (TPSA) is 21.7 Å². The third-order valence-electron chi connectivity index (χ3n) is 3.26. The molecule has 1 aliphatic rings. The highest BCUT2D eigenvalue weighted by molar-refractivity contribution is 5.30. The molecule has 1 heterocycles. The van der Waals surface area contributed by atoms with Crippen LogP contribution in [0.1, 0.15) is 12.0 Å². The van der Waals surface area contributed by atoms with Crippen molar-refractivity contribution in [3.63, 3.8) is 0 Å². The smallest absolute Gasteiger partial charge is 0.403 e. The Bertz CT molecular complexity index is 459. The molecule has 0 unspecified atom stereocenters. The summed E-state index contributed by atoms with van der Waals surface area (Å²) in [5.74, 6) is -1.78. The van der Waals surface area contributed by atoms with Gasteiger partial charge in [-0.1, -0.05) is 6.07 Å².